The van der Waals surface area contributed by atoms with Gasteiger partial charge in [0, 0.05) is 17.4 Å². The number of benzene rings is 2. The third-order valence-corrected chi connectivity index (χ3v) is 5.23. The minimum absolute atomic E-state index is 0.124. The predicted molar refractivity (Wildman–Crippen MR) is 120 cm³/mol. The average Bonchev–Trinajstić information content (AvgIpc) is 3.00. The van der Waals surface area contributed by atoms with Crippen LogP contribution < -0.4 is 10.1 Å². The number of nitrogens with one attached hydrogen (secondary N) is 1. The van der Waals surface area contributed by atoms with Crippen molar-refractivity contribution >= 4 is 34.7 Å². The summed E-state index contributed by atoms with van der Waals surface area (Å²) in [4.78, 5) is 32.0. The minimum Gasteiger partial charge on any atom is -0.495 e. The first-order valence-corrected chi connectivity index (χ1v) is 10.0. The second-order valence-electron chi connectivity index (χ2n) is 7.14. The van der Waals surface area contributed by atoms with Crippen LogP contribution in [0.15, 0.2) is 72.7 Å². The van der Waals surface area contributed by atoms with E-state index < -0.39 is 5.91 Å². The van der Waals surface area contributed by atoms with E-state index in [2.05, 4.69) is 10.3 Å². The van der Waals surface area contributed by atoms with Gasteiger partial charge in [0.2, 0.25) is 0 Å². The Morgan fingerprint density at radius 2 is 1.84 bits per heavy atom. The lowest BCUT2D eigenvalue weighted by molar-refractivity contribution is -0.137. The molecular formula is C24H20ClN3O3. The van der Waals surface area contributed by atoms with Gasteiger partial charge in [0.1, 0.15) is 11.4 Å². The first-order chi connectivity index (χ1) is 15.0. The molecule has 0 unspecified atom stereocenters. The van der Waals surface area contributed by atoms with Crippen LogP contribution in [0.25, 0.3) is 5.57 Å². The molecule has 31 heavy (non-hydrogen) atoms. The number of hydrogen-bond acceptors (Lipinski definition) is 5. The summed E-state index contributed by atoms with van der Waals surface area (Å²) in [7, 11) is 1.56. The zero-order valence-electron chi connectivity index (χ0n) is 17.1. The third kappa shape index (κ3) is 4.15. The molecule has 0 bridgehead atoms. The number of pyridine rings is 1. The lowest BCUT2D eigenvalue weighted by Gasteiger charge is -2.16. The van der Waals surface area contributed by atoms with Crippen molar-refractivity contribution in [3.05, 3.63) is 94.4 Å². The number of imide groups is 1. The SMILES string of the molecule is COc1ccc(C)cc1NC1=C(c2ccc(Cl)cc2)C(=O)N(Cc2cccnc2)C1=O. The zero-order valence-corrected chi connectivity index (χ0v) is 17.8. The van der Waals surface area contributed by atoms with Crippen LogP contribution in [0, 0.1) is 6.92 Å². The molecule has 0 atom stereocenters. The molecular weight excluding hydrogens is 414 g/mol. The van der Waals surface area contributed by atoms with E-state index in [-0.39, 0.29) is 23.7 Å². The van der Waals surface area contributed by atoms with Crippen LogP contribution in [0.3, 0.4) is 0 Å². The number of ether oxygens (including phenoxy) is 1. The Balaban J connectivity index is 1.78. The fourth-order valence-corrected chi connectivity index (χ4v) is 3.57. The van der Waals surface area contributed by atoms with Gasteiger partial charge in [0.05, 0.1) is 24.9 Å². The average molecular weight is 434 g/mol. The highest BCUT2D eigenvalue weighted by Crippen LogP contribution is 2.34. The van der Waals surface area contributed by atoms with Crippen molar-refractivity contribution in [1.29, 1.82) is 0 Å². The van der Waals surface area contributed by atoms with Crippen molar-refractivity contribution in [3.8, 4) is 5.75 Å². The van der Waals surface area contributed by atoms with Crippen LogP contribution in [0.2, 0.25) is 5.02 Å². The highest BCUT2D eigenvalue weighted by molar-refractivity contribution is 6.36. The van der Waals surface area contributed by atoms with E-state index in [9.17, 15) is 9.59 Å². The van der Waals surface area contributed by atoms with Gasteiger partial charge in [-0.25, -0.2) is 0 Å². The fourth-order valence-electron chi connectivity index (χ4n) is 3.45. The molecule has 1 aliphatic heterocycles. The summed E-state index contributed by atoms with van der Waals surface area (Å²) in [5, 5.41) is 3.70. The van der Waals surface area contributed by atoms with Gasteiger partial charge in [0.25, 0.3) is 11.8 Å². The van der Waals surface area contributed by atoms with Crippen LogP contribution in [0.4, 0.5) is 5.69 Å². The first kappa shape index (κ1) is 20.6. The molecule has 156 valence electrons. The van der Waals surface area contributed by atoms with Gasteiger partial charge in [-0.15, -0.1) is 0 Å². The number of rotatable bonds is 6. The molecule has 0 saturated heterocycles. The summed E-state index contributed by atoms with van der Waals surface area (Å²) >= 11 is 6.03. The topological polar surface area (TPSA) is 71.5 Å². The Morgan fingerprint density at radius 1 is 1.06 bits per heavy atom. The van der Waals surface area contributed by atoms with E-state index in [4.69, 9.17) is 16.3 Å². The predicted octanol–water partition coefficient (Wildman–Crippen LogP) is 4.44. The number of anilines is 1. The van der Waals surface area contributed by atoms with E-state index in [1.54, 1.807) is 49.8 Å². The largest absolute Gasteiger partial charge is 0.495 e. The van der Waals surface area contributed by atoms with Crippen LogP contribution in [-0.4, -0.2) is 28.8 Å². The minimum atomic E-state index is -0.414. The summed E-state index contributed by atoms with van der Waals surface area (Å²) < 4.78 is 5.43. The molecule has 0 aliphatic carbocycles. The number of aryl methyl sites for hydroxylation is 1. The number of carbonyl (C=O) groups is 2. The molecule has 4 rings (SSSR count). The Hall–Kier alpha value is -3.64. The second kappa shape index (κ2) is 8.62. The Labute approximate surface area is 185 Å². The van der Waals surface area contributed by atoms with Crippen molar-refractivity contribution in [2.45, 2.75) is 13.5 Å². The van der Waals surface area contributed by atoms with E-state index in [0.29, 0.717) is 22.0 Å². The summed E-state index contributed by atoms with van der Waals surface area (Å²) in [6.45, 7) is 2.06. The number of nitrogens with zero attached hydrogens (tertiary/aromatic N) is 2. The highest BCUT2D eigenvalue weighted by Gasteiger charge is 2.39. The van der Waals surface area contributed by atoms with Crippen molar-refractivity contribution in [2.75, 3.05) is 12.4 Å². The molecule has 0 fully saturated rings. The molecule has 1 N–H and O–H groups in total. The highest BCUT2D eigenvalue weighted by atomic mass is 35.5. The number of carbonyl (C=O) groups excluding carboxylic acids is 2. The Bertz CT molecular complexity index is 1170. The van der Waals surface area contributed by atoms with Crippen molar-refractivity contribution < 1.29 is 14.3 Å². The maximum absolute atomic E-state index is 13.4. The second-order valence-corrected chi connectivity index (χ2v) is 7.58. The molecule has 3 aromatic rings. The van der Waals surface area contributed by atoms with E-state index >= 15 is 0 Å². The zero-order chi connectivity index (χ0) is 22.0. The standard InChI is InChI=1S/C24H20ClN3O3/c1-15-5-10-20(31-2)19(12-15)27-22-21(17-6-8-18(25)9-7-17)23(29)28(24(22)30)14-16-4-3-11-26-13-16/h3-13,27H,14H2,1-2H3. The molecule has 0 radical (unpaired) electrons. The molecule has 0 spiro atoms. The molecule has 1 aliphatic rings. The van der Waals surface area contributed by atoms with Crippen LogP contribution in [-0.2, 0) is 16.1 Å². The van der Waals surface area contributed by atoms with E-state index in [1.165, 1.54) is 4.90 Å². The van der Waals surface area contributed by atoms with Gasteiger partial charge in [-0.2, -0.15) is 0 Å². The third-order valence-electron chi connectivity index (χ3n) is 4.98. The Kier molecular flexibility index (Phi) is 5.73. The first-order valence-electron chi connectivity index (χ1n) is 9.65. The molecule has 6 nitrogen and oxygen atoms in total. The van der Waals surface area contributed by atoms with Crippen molar-refractivity contribution in [1.82, 2.24) is 9.88 Å². The van der Waals surface area contributed by atoms with Crippen molar-refractivity contribution in [2.24, 2.45) is 0 Å². The van der Waals surface area contributed by atoms with Crippen LogP contribution in [0.1, 0.15) is 16.7 Å². The monoisotopic (exact) mass is 433 g/mol. The van der Waals surface area contributed by atoms with Gasteiger partial charge in [-0.1, -0.05) is 35.9 Å². The maximum Gasteiger partial charge on any atom is 0.278 e. The van der Waals surface area contributed by atoms with Gasteiger partial charge < -0.3 is 10.1 Å². The molecule has 7 heteroatoms. The molecule has 2 aromatic carbocycles. The lowest BCUT2D eigenvalue weighted by atomic mass is 10.0. The van der Waals surface area contributed by atoms with Crippen molar-refractivity contribution in [3.63, 3.8) is 0 Å². The number of aromatic nitrogens is 1. The lowest BCUT2D eigenvalue weighted by Crippen LogP contribution is -2.32. The summed E-state index contributed by atoms with van der Waals surface area (Å²) in [6, 6.07) is 16.0. The normalized spacial score (nSPS) is 13.7. The smallest absolute Gasteiger partial charge is 0.278 e. The molecule has 2 heterocycles. The van der Waals surface area contributed by atoms with E-state index in [1.807, 2.05) is 31.2 Å². The fraction of sp³-hybridized carbons (Fsp3) is 0.125. The summed E-state index contributed by atoms with van der Waals surface area (Å²) in [5.74, 6) is -0.229. The van der Waals surface area contributed by atoms with Gasteiger partial charge in [-0.05, 0) is 53.9 Å². The number of hydrogen-bond donors (Lipinski definition) is 1. The number of amides is 2. The Morgan fingerprint density at radius 3 is 2.52 bits per heavy atom. The summed E-state index contributed by atoms with van der Waals surface area (Å²) in [6.07, 6.45) is 3.28. The molecule has 2 amide bonds. The molecule has 1 aromatic heterocycles. The maximum atomic E-state index is 13.4. The van der Waals surface area contributed by atoms with Gasteiger partial charge >= 0.3 is 0 Å². The summed E-state index contributed by atoms with van der Waals surface area (Å²) in [5.41, 5.74) is 3.43. The quantitative estimate of drug-likeness (QED) is 0.582. The van der Waals surface area contributed by atoms with Gasteiger partial charge in [-0.3, -0.25) is 19.5 Å². The number of halogens is 1. The van der Waals surface area contributed by atoms with E-state index in [0.717, 1.165) is 11.1 Å². The molecule has 0 saturated carbocycles. The number of methoxy groups -OCH3 is 1. The van der Waals surface area contributed by atoms with Crippen LogP contribution >= 0.6 is 11.6 Å². The van der Waals surface area contributed by atoms with Gasteiger partial charge in [0.15, 0.2) is 0 Å². The van der Waals surface area contributed by atoms with Crippen LogP contribution in [0.5, 0.6) is 5.75 Å².